The van der Waals surface area contributed by atoms with Gasteiger partial charge in [-0.3, -0.25) is 9.36 Å². The maximum atomic E-state index is 13.0. The molecule has 0 aliphatic carbocycles. The third kappa shape index (κ3) is 3.88. The highest BCUT2D eigenvalue weighted by Crippen LogP contribution is 2.27. The number of carbonyl (C=O) groups excluding carboxylic acids is 1. The van der Waals surface area contributed by atoms with Gasteiger partial charge in [0.05, 0.1) is 16.8 Å². The highest BCUT2D eigenvalue weighted by Gasteiger charge is 2.35. The van der Waals surface area contributed by atoms with Crippen LogP contribution in [0.5, 0.6) is 0 Å². The molecule has 0 amide bonds. The molecular weight excluding hydrogens is 379 g/mol. The topological polar surface area (TPSA) is 94.1 Å². The number of ether oxygens (including phenoxy) is 1. The van der Waals surface area contributed by atoms with Gasteiger partial charge in [-0.25, -0.2) is 14.2 Å². The number of hydrogen-bond acceptors (Lipinski definition) is 5. The third-order valence-electron chi connectivity index (χ3n) is 3.84. The fourth-order valence-corrected chi connectivity index (χ4v) is 2.35. The van der Waals surface area contributed by atoms with Gasteiger partial charge in [-0.1, -0.05) is 12.7 Å². The third-order valence-corrected chi connectivity index (χ3v) is 3.84. The zero-order valence-electron chi connectivity index (χ0n) is 14.8. The van der Waals surface area contributed by atoms with E-state index in [9.17, 15) is 27.6 Å². The van der Waals surface area contributed by atoms with E-state index in [0.717, 1.165) is 19.2 Å². The Balaban J connectivity index is 2.69. The molecule has 1 aromatic heterocycles. The molecule has 0 N–H and O–H groups in total. The van der Waals surface area contributed by atoms with E-state index >= 15 is 0 Å². The molecule has 146 valence electrons. The summed E-state index contributed by atoms with van der Waals surface area (Å²) < 4.78 is 44.6. The second-order valence-electron chi connectivity index (χ2n) is 5.73. The van der Waals surface area contributed by atoms with Crippen LogP contribution in [-0.4, -0.2) is 21.2 Å². The van der Waals surface area contributed by atoms with Gasteiger partial charge >= 0.3 is 17.8 Å². The summed E-state index contributed by atoms with van der Waals surface area (Å²) in [6.45, 7) is 4.98. The summed E-state index contributed by atoms with van der Waals surface area (Å²) in [7, 11) is 0.867. The number of halogens is 3. The van der Waals surface area contributed by atoms with Crippen molar-refractivity contribution in [3.8, 4) is 11.8 Å². The fraction of sp³-hybridized carbons (Fsp3) is 0.222. The summed E-state index contributed by atoms with van der Waals surface area (Å²) in [4.78, 5) is 36.8. The Bertz CT molecular complexity index is 1110. The first-order valence-electron chi connectivity index (χ1n) is 7.79. The second kappa shape index (κ2) is 7.56. The van der Waals surface area contributed by atoms with E-state index < -0.39 is 35.2 Å². The molecule has 2 aromatic rings. The van der Waals surface area contributed by atoms with Crippen LogP contribution in [0.2, 0.25) is 0 Å². The Hall–Kier alpha value is -3.61. The average Bonchev–Trinajstić information content (AvgIpc) is 2.63. The molecule has 10 heteroatoms. The van der Waals surface area contributed by atoms with Crippen molar-refractivity contribution in [1.29, 1.82) is 5.26 Å². The molecule has 0 saturated carbocycles. The van der Waals surface area contributed by atoms with E-state index in [2.05, 4.69) is 6.58 Å². The first-order valence-corrected chi connectivity index (χ1v) is 7.79. The van der Waals surface area contributed by atoms with Crippen LogP contribution in [0.3, 0.4) is 0 Å². The second-order valence-corrected chi connectivity index (χ2v) is 5.73. The Morgan fingerprint density at radius 3 is 2.50 bits per heavy atom. The molecule has 1 unspecified atom stereocenters. The van der Waals surface area contributed by atoms with E-state index in [4.69, 9.17) is 10.00 Å². The van der Waals surface area contributed by atoms with Crippen molar-refractivity contribution in [2.45, 2.75) is 19.2 Å². The molecule has 0 aliphatic heterocycles. The Morgan fingerprint density at radius 1 is 1.32 bits per heavy atom. The summed E-state index contributed by atoms with van der Waals surface area (Å²) in [6.07, 6.45) is -4.24. The number of carbonyl (C=O) groups is 1. The van der Waals surface area contributed by atoms with Crippen LogP contribution in [-0.2, 0) is 18.0 Å². The number of esters is 1. The van der Waals surface area contributed by atoms with Crippen LogP contribution >= 0.6 is 0 Å². The van der Waals surface area contributed by atoms with Gasteiger partial charge in [-0.05, 0) is 25.1 Å². The van der Waals surface area contributed by atoms with E-state index in [1.54, 1.807) is 6.07 Å². The van der Waals surface area contributed by atoms with E-state index in [-0.39, 0.29) is 27.4 Å². The van der Waals surface area contributed by atoms with Crippen LogP contribution in [0.4, 0.5) is 13.2 Å². The van der Waals surface area contributed by atoms with E-state index in [1.807, 2.05) is 0 Å². The van der Waals surface area contributed by atoms with Crippen molar-refractivity contribution in [2.24, 2.45) is 7.05 Å². The number of hydrogen-bond donors (Lipinski definition) is 0. The summed E-state index contributed by atoms with van der Waals surface area (Å²) in [5.41, 5.74) is -4.44. The summed E-state index contributed by atoms with van der Waals surface area (Å²) in [5.74, 6) is -0.914. The first-order chi connectivity index (χ1) is 13.0. The van der Waals surface area contributed by atoms with E-state index in [0.29, 0.717) is 4.57 Å². The van der Waals surface area contributed by atoms with Gasteiger partial charge in [0, 0.05) is 13.1 Å². The maximum absolute atomic E-state index is 13.0. The summed E-state index contributed by atoms with van der Waals surface area (Å²) >= 11 is 0. The lowest BCUT2D eigenvalue weighted by Crippen LogP contribution is -2.40. The molecule has 0 bridgehead atoms. The molecule has 0 spiro atoms. The monoisotopic (exact) mass is 393 g/mol. The zero-order valence-corrected chi connectivity index (χ0v) is 14.8. The van der Waals surface area contributed by atoms with E-state index in [1.165, 1.54) is 19.1 Å². The number of rotatable bonds is 4. The first kappa shape index (κ1) is 20.7. The molecule has 28 heavy (non-hydrogen) atoms. The SMILES string of the molecule is C=CC(C)OC(=O)c1cc(-n2c(=O)cc(C(F)(F)F)n(C)c2=O)ccc1C#N. The molecule has 1 heterocycles. The largest absolute Gasteiger partial charge is 0.455 e. The molecule has 7 nitrogen and oxygen atoms in total. The summed E-state index contributed by atoms with van der Waals surface area (Å²) in [6, 6.07) is 5.41. The predicted octanol–water partition coefficient (Wildman–Crippen LogP) is 2.16. The number of benzene rings is 1. The van der Waals surface area contributed by atoms with Gasteiger partial charge < -0.3 is 4.74 Å². The standard InChI is InChI=1S/C18H14F3N3O4/c1-4-10(2)28-16(26)13-7-12(6-5-11(13)9-22)24-15(25)8-14(18(19,20)21)23(3)17(24)27/h4-8,10H,1H2,2-3H3. The molecule has 1 atom stereocenters. The highest BCUT2D eigenvalue weighted by atomic mass is 19.4. The quantitative estimate of drug-likeness (QED) is 0.586. The molecule has 2 rings (SSSR count). The smallest absolute Gasteiger partial charge is 0.431 e. The van der Waals surface area contributed by atoms with Gasteiger partial charge in [0.15, 0.2) is 0 Å². The Labute approximate surface area is 156 Å². The number of nitriles is 1. The molecular formula is C18H14F3N3O4. The van der Waals surface area contributed by atoms with Gasteiger partial charge in [0.1, 0.15) is 17.9 Å². The Morgan fingerprint density at radius 2 is 1.96 bits per heavy atom. The summed E-state index contributed by atoms with van der Waals surface area (Å²) in [5, 5.41) is 9.16. The van der Waals surface area contributed by atoms with Crippen molar-refractivity contribution in [1.82, 2.24) is 9.13 Å². The van der Waals surface area contributed by atoms with Crippen molar-refractivity contribution < 1.29 is 22.7 Å². The minimum absolute atomic E-state index is 0.0956. The fourth-order valence-electron chi connectivity index (χ4n) is 2.35. The van der Waals surface area contributed by atoms with Gasteiger partial charge in [0.25, 0.3) is 5.56 Å². The minimum Gasteiger partial charge on any atom is -0.455 e. The van der Waals surface area contributed by atoms with Crippen LogP contribution in [0.1, 0.15) is 28.5 Å². The average molecular weight is 393 g/mol. The predicted molar refractivity (Wildman–Crippen MR) is 92.1 cm³/mol. The molecule has 0 fully saturated rings. The van der Waals surface area contributed by atoms with Crippen molar-refractivity contribution in [2.75, 3.05) is 0 Å². The van der Waals surface area contributed by atoms with Crippen LogP contribution < -0.4 is 11.2 Å². The molecule has 1 aromatic carbocycles. The van der Waals surface area contributed by atoms with Gasteiger partial charge in [-0.15, -0.1) is 0 Å². The number of alkyl halides is 3. The maximum Gasteiger partial charge on any atom is 0.431 e. The number of nitrogens with zero attached hydrogens (tertiary/aromatic N) is 3. The normalized spacial score (nSPS) is 12.1. The van der Waals surface area contributed by atoms with Crippen LogP contribution in [0.15, 0.2) is 46.5 Å². The van der Waals surface area contributed by atoms with Crippen LogP contribution in [0, 0.1) is 11.3 Å². The Kier molecular flexibility index (Phi) is 5.59. The molecule has 0 aliphatic rings. The van der Waals surface area contributed by atoms with Gasteiger partial charge in [-0.2, -0.15) is 18.4 Å². The molecule has 0 radical (unpaired) electrons. The lowest BCUT2D eigenvalue weighted by atomic mass is 10.1. The van der Waals surface area contributed by atoms with Crippen molar-refractivity contribution >= 4 is 5.97 Å². The zero-order chi connectivity index (χ0) is 21.2. The lowest BCUT2D eigenvalue weighted by Gasteiger charge is -2.15. The van der Waals surface area contributed by atoms with Gasteiger partial charge in [0.2, 0.25) is 0 Å². The lowest BCUT2D eigenvalue weighted by molar-refractivity contribution is -0.144. The van der Waals surface area contributed by atoms with Crippen molar-refractivity contribution in [3.05, 3.63) is 74.6 Å². The highest BCUT2D eigenvalue weighted by molar-refractivity contribution is 5.93. The molecule has 0 saturated heterocycles. The van der Waals surface area contributed by atoms with Crippen LogP contribution in [0.25, 0.3) is 5.69 Å². The minimum atomic E-state index is -4.90. The van der Waals surface area contributed by atoms with Crippen molar-refractivity contribution in [3.63, 3.8) is 0 Å². The number of aromatic nitrogens is 2.